The van der Waals surface area contributed by atoms with Gasteiger partial charge in [0.15, 0.2) is 0 Å². The molecule has 2 nitrogen and oxygen atoms in total. The van der Waals surface area contributed by atoms with Crippen LogP contribution >= 0.6 is 0 Å². The highest BCUT2D eigenvalue weighted by Gasteiger charge is 2.47. The maximum absolute atomic E-state index is 6.61. The van der Waals surface area contributed by atoms with E-state index in [1.807, 2.05) is 24.3 Å². The van der Waals surface area contributed by atoms with Gasteiger partial charge in [0.2, 0.25) is 0 Å². The Balaban J connectivity index is 1.23. The molecule has 3 aliphatic rings. The molecule has 1 aliphatic heterocycles. The van der Waals surface area contributed by atoms with Gasteiger partial charge in [-0.2, -0.15) is 0 Å². The SMILES string of the molecule is C=C/C(=N\[C@@H](/C=C/C(=C)C1C=CC=CC1c1ccccc1C1(c2ccccc2)c2ccccc2Oc2ccccc21)C1=CCCC=C1)c1ccccc1. The third-order valence-electron chi connectivity index (χ3n) is 10.7. The first-order chi connectivity index (χ1) is 26.2. The second-order valence-corrected chi connectivity index (χ2v) is 13.8. The zero-order valence-corrected chi connectivity index (χ0v) is 29.9. The fourth-order valence-electron chi connectivity index (χ4n) is 8.24. The van der Waals surface area contributed by atoms with Crippen molar-refractivity contribution in [2.45, 2.75) is 30.2 Å². The third-order valence-corrected chi connectivity index (χ3v) is 10.7. The normalized spacial score (nSPS) is 19.1. The van der Waals surface area contributed by atoms with Crippen LogP contribution in [0.3, 0.4) is 0 Å². The number of aliphatic imine (C=N–C) groups is 1. The summed E-state index contributed by atoms with van der Waals surface area (Å²) in [6.45, 7) is 8.84. The Bertz CT molecular complexity index is 2270. The lowest BCUT2D eigenvalue weighted by molar-refractivity contribution is 0.433. The summed E-state index contributed by atoms with van der Waals surface area (Å²) in [5.74, 6) is 1.82. The first kappa shape index (κ1) is 33.9. The lowest BCUT2D eigenvalue weighted by Gasteiger charge is -2.43. The molecule has 0 fully saturated rings. The monoisotopic (exact) mass is 685 g/mol. The van der Waals surface area contributed by atoms with Crippen LogP contribution in [0.4, 0.5) is 0 Å². The van der Waals surface area contributed by atoms with Gasteiger partial charge in [-0.15, -0.1) is 0 Å². The van der Waals surface area contributed by atoms with Crippen molar-refractivity contribution in [1.82, 2.24) is 0 Å². The van der Waals surface area contributed by atoms with Gasteiger partial charge in [-0.3, -0.25) is 4.99 Å². The Morgan fingerprint density at radius 3 is 2.02 bits per heavy atom. The maximum Gasteiger partial charge on any atom is 0.132 e. The minimum atomic E-state index is -0.613. The standard InChI is InChI=1S/C51H43NO/c1-3-47(38-21-7-4-8-22-38)52-48(39-23-9-5-10-24-39)36-35-37(2)41-27-13-14-28-42(41)43-29-15-16-30-44(43)51(40-25-11-6-12-26-40)45-31-17-19-33-49(45)53-50-34-20-18-32-46(50)51/h3-4,6-9,11-36,41-42,48H,1-2,5,10H2/b36-35+,52-47+/t41?,42?,48-/m0/s1. The molecule has 0 radical (unpaired) electrons. The van der Waals surface area contributed by atoms with Crippen molar-refractivity contribution in [1.29, 1.82) is 0 Å². The summed E-state index contributed by atoms with van der Waals surface area (Å²) in [6, 6.07) is 47.0. The van der Waals surface area contributed by atoms with Crippen LogP contribution in [0, 0.1) is 5.92 Å². The smallest absolute Gasteiger partial charge is 0.132 e. The van der Waals surface area contributed by atoms with E-state index in [9.17, 15) is 0 Å². The van der Waals surface area contributed by atoms with Crippen LogP contribution < -0.4 is 4.74 Å². The Morgan fingerprint density at radius 1 is 0.717 bits per heavy atom. The first-order valence-electron chi connectivity index (χ1n) is 18.5. The summed E-state index contributed by atoms with van der Waals surface area (Å²) in [5.41, 5.74) is 9.51. The van der Waals surface area contributed by atoms with Crippen molar-refractivity contribution in [2.75, 3.05) is 0 Å². The molecular weight excluding hydrogens is 643 g/mol. The molecule has 8 rings (SSSR count). The number of rotatable bonds is 10. The molecule has 2 aliphatic carbocycles. The zero-order chi connectivity index (χ0) is 36.0. The average Bonchev–Trinajstić information content (AvgIpc) is 3.24. The summed E-state index contributed by atoms with van der Waals surface area (Å²) in [5, 5.41) is 0. The van der Waals surface area contributed by atoms with Gasteiger partial charge in [-0.1, -0.05) is 189 Å². The topological polar surface area (TPSA) is 21.6 Å². The van der Waals surface area contributed by atoms with E-state index in [1.54, 1.807) is 0 Å². The molecule has 0 N–H and O–H groups in total. The van der Waals surface area contributed by atoms with E-state index in [1.165, 1.54) is 22.3 Å². The molecule has 258 valence electrons. The number of ether oxygens (including phenoxy) is 1. The van der Waals surface area contributed by atoms with E-state index >= 15 is 0 Å². The number of nitrogens with zero attached hydrogens (tertiary/aromatic N) is 1. The fraction of sp³-hybridized carbons (Fsp3) is 0.118. The van der Waals surface area contributed by atoms with Gasteiger partial charge in [0.05, 0.1) is 17.2 Å². The van der Waals surface area contributed by atoms with Crippen LogP contribution in [0.15, 0.2) is 224 Å². The third kappa shape index (κ3) is 6.42. The van der Waals surface area contributed by atoms with Gasteiger partial charge in [0.25, 0.3) is 0 Å². The molecule has 3 atom stereocenters. The van der Waals surface area contributed by atoms with Crippen LogP contribution in [0.1, 0.15) is 52.1 Å². The van der Waals surface area contributed by atoms with E-state index in [4.69, 9.17) is 16.3 Å². The van der Waals surface area contributed by atoms with Crippen LogP contribution in [-0.2, 0) is 5.41 Å². The average molecular weight is 686 g/mol. The van der Waals surface area contributed by atoms with Crippen LogP contribution in [0.5, 0.6) is 11.5 Å². The number of allylic oxidation sites excluding steroid dienone is 9. The molecular formula is C51H43NO. The van der Waals surface area contributed by atoms with E-state index in [-0.39, 0.29) is 17.9 Å². The summed E-state index contributed by atoms with van der Waals surface area (Å²) in [7, 11) is 0. The summed E-state index contributed by atoms with van der Waals surface area (Å²) >= 11 is 0. The molecule has 2 heteroatoms. The van der Waals surface area contributed by atoms with Crippen LogP contribution in [-0.4, -0.2) is 11.8 Å². The molecule has 5 aromatic rings. The van der Waals surface area contributed by atoms with E-state index in [0.29, 0.717) is 0 Å². The van der Waals surface area contributed by atoms with Gasteiger partial charge >= 0.3 is 0 Å². The number of hydrogen-bond donors (Lipinski definition) is 0. The lowest BCUT2D eigenvalue weighted by atomic mass is 9.61. The number of benzene rings is 5. The second-order valence-electron chi connectivity index (χ2n) is 13.8. The Hall–Kier alpha value is -6.25. The number of para-hydroxylation sites is 2. The maximum atomic E-state index is 6.61. The van der Waals surface area contributed by atoms with Crippen LogP contribution in [0.2, 0.25) is 0 Å². The predicted octanol–water partition coefficient (Wildman–Crippen LogP) is 12.4. The number of fused-ring (bicyclic) bond motifs is 2. The van der Waals surface area contributed by atoms with Gasteiger partial charge in [0.1, 0.15) is 11.5 Å². The summed E-state index contributed by atoms with van der Waals surface area (Å²) < 4.78 is 6.61. The van der Waals surface area contributed by atoms with E-state index in [2.05, 4.69) is 177 Å². The van der Waals surface area contributed by atoms with Gasteiger partial charge in [-0.05, 0) is 64.5 Å². The molecule has 2 unspecified atom stereocenters. The predicted molar refractivity (Wildman–Crippen MR) is 221 cm³/mol. The molecule has 0 bridgehead atoms. The summed E-state index contributed by atoms with van der Waals surface area (Å²) in [4.78, 5) is 5.25. The molecule has 0 amide bonds. The highest BCUT2D eigenvalue weighted by Crippen LogP contribution is 2.57. The first-order valence-corrected chi connectivity index (χ1v) is 18.5. The molecule has 0 saturated heterocycles. The van der Waals surface area contributed by atoms with Crippen molar-refractivity contribution >= 4 is 5.71 Å². The zero-order valence-electron chi connectivity index (χ0n) is 29.9. The van der Waals surface area contributed by atoms with Crippen molar-refractivity contribution in [3.05, 3.63) is 252 Å². The molecule has 0 aromatic heterocycles. The molecule has 0 saturated carbocycles. The van der Waals surface area contributed by atoms with Crippen molar-refractivity contribution < 1.29 is 4.74 Å². The van der Waals surface area contributed by atoms with E-state index in [0.717, 1.165) is 52.3 Å². The number of hydrogen-bond acceptors (Lipinski definition) is 2. The van der Waals surface area contributed by atoms with Crippen molar-refractivity contribution in [2.24, 2.45) is 10.9 Å². The highest BCUT2D eigenvalue weighted by atomic mass is 16.5. The van der Waals surface area contributed by atoms with Crippen LogP contribution in [0.25, 0.3) is 0 Å². The van der Waals surface area contributed by atoms with E-state index < -0.39 is 5.41 Å². The quantitative estimate of drug-likeness (QED) is 0.104. The largest absolute Gasteiger partial charge is 0.457 e. The molecule has 1 heterocycles. The summed E-state index contributed by atoms with van der Waals surface area (Å²) in [6.07, 6.45) is 24.1. The highest BCUT2D eigenvalue weighted by molar-refractivity contribution is 6.08. The Kier molecular flexibility index (Phi) is 9.69. The fourth-order valence-corrected chi connectivity index (χ4v) is 8.24. The Labute approximate surface area is 313 Å². The van der Waals surface area contributed by atoms with Gasteiger partial charge in [0, 0.05) is 23.0 Å². The molecule has 5 aromatic carbocycles. The second kappa shape index (κ2) is 15.2. The minimum Gasteiger partial charge on any atom is -0.457 e. The molecule has 53 heavy (non-hydrogen) atoms. The van der Waals surface area contributed by atoms with Crippen molar-refractivity contribution in [3.63, 3.8) is 0 Å². The van der Waals surface area contributed by atoms with Gasteiger partial charge in [-0.25, -0.2) is 0 Å². The Morgan fingerprint density at radius 2 is 1.34 bits per heavy atom. The lowest BCUT2D eigenvalue weighted by Crippen LogP contribution is -2.35. The molecule has 0 spiro atoms. The van der Waals surface area contributed by atoms with Gasteiger partial charge < -0.3 is 4.74 Å². The minimum absolute atomic E-state index is 0.0315. The van der Waals surface area contributed by atoms with Crippen molar-refractivity contribution in [3.8, 4) is 11.5 Å².